The van der Waals surface area contributed by atoms with Gasteiger partial charge >= 0.3 is 0 Å². The van der Waals surface area contributed by atoms with E-state index in [0.29, 0.717) is 19.0 Å². The molecule has 128 valence electrons. The zero-order valence-electron chi connectivity index (χ0n) is 14.2. The van der Waals surface area contributed by atoms with Crippen molar-refractivity contribution in [3.8, 4) is 17.2 Å². The average molecular weight is 337 g/mol. The fourth-order valence-electron chi connectivity index (χ4n) is 2.30. The number of nitrogens with one attached hydrogen (secondary N) is 1. The summed E-state index contributed by atoms with van der Waals surface area (Å²) in [6.07, 6.45) is 0. The fraction of sp³-hybridized carbons (Fsp3) is 0.211. The number of aromatic nitrogens is 2. The van der Waals surface area contributed by atoms with E-state index in [9.17, 15) is 4.79 Å². The quantitative estimate of drug-likeness (QED) is 0.746. The van der Waals surface area contributed by atoms with Gasteiger partial charge in [0.2, 0.25) is 0 Å². The van der Waals surface area contributed by atoms with E-state index in [2.05, 4.69) is 15.5 Å². The molecular weight excluding hydrogens is 318 g/mol. The lowest BCUT2D eigenvalue weighted by atomic mass is 10.1. The lowest BCUT2D eigenvalue weighted by molar-refractivity contribution is 0.0937. The highest BCUT2D eigenvalue weighted by Crippen LogP contribution is 2.17. The third-order valence-corrected chi connectivity index (χ3v) is 3.59. The van der Waals surface area contributed by atoms with Gasteiger partial charge in [-0.1, -0.05) is 35.0 Å². The third-order valence-electron chi connectivity index (χ3n) is 3.59. The molecule has 0 atom stereocenters. The number of carbonyl (C=O) groups excluding carboxylic acids is 1. The molecule has 3 aromatic rings. The molecular formula is C19H19N3O3. The first kappa shape index (κ1) is 16.7. The second-order valence-electron chi connectivity index (χ2n) is 5.55. The van der Waals surface area contributed by atoms with Crippen LogP contribution < -0.4 is 10.1 Å². The van der Waals surface area contributed by atoms with Crippen molar-refractivity contribution < 1.29 is 14.1 Å². The summed E-state index contributed by atoms with van der Waals surface area (Å²) in [6, 6.07) is 15.2. The van der Waals surface area contributed by atoms with Gasteiger partial charge in [-0.25, -0.2) is 0 Å². The van der Waals surface area contributed by atoms with Crippen molar-refractivity contribution in [2.24, 2.45) is 0 Å². The van der Waals surface area contributed by atoms with Gasteiger partial charge in [0.15, 0.2) is 0 Å². The lowest BCUT2D eigenvalue weighted by Crippen LogP contribution is -2.23. The van der Waals surface area contributed by atoms with Crippen LogP contribution in [0, 0.1) is 6.92 Å². The molecule has 1 heterocycles. The summed E-state index contributed by atoms with van der Waals surface area (Å²) in [5, 5.41) is 6.53. The highest BCUT2D eigenvalue weighted by atomic mass is 16.5. The number of ether oxygens (including phenoxy) is 1. The van der Waals surface area contributed by atoms with Crippen LogP contribution in [-0.4, -0.2) is 22.7 Å². The van der Waals surface area contributed by atoms with Crippen LogP contribution in [0.3, 0.4) is 0 Å². The van der Waals surface area contributed by atoms with Crippen molar-refractivity contribution in [1.82, 2.24) is 15.5 Å². The van der Waals surface area contributed by atoms with Crippen LogP contribution in [0.5, 0.6) is 5.75 Å². The smallest absolute Gasteiger partial charge is 0.292 e. The van der Waals surface area contributed by atoms with Gasteiger partial charge in [-0.05, 0) is 43.7 Å². The number of benzene rings is 2. The predicted molar refractivity (Wildman–Crippen MR) is 93.3 cm³/mol. The first-order valence-electron chi connectivity index (χ1n) is 8.06. The Morgan fingerprint density at radius 1 is 1.20 bits per heavy atom. The van der Waals surface area contributed by atoms with Crippen molar-refractivity contribution in [2.45, 2.75) is 20.4 Å². The van der Waals surface area contributed by atoms with Crippen LogP contribution in [0.4, 0.5) is 0 Å². The molecule has 1 aromatic heterocycles. The maximum absolute atomic E-state index is 12.2. The van der Waals surface area contributed by atoms with Gasteiger partial charge in [0.1, 0.15) is 5.75 Å². The van der Waals surface area contributed by atoms with E-state index >= 15 is 0 Å². The van der Waals surface area contributed by atoms with Crippen LogP contribution in [-0.2, 0) is 6.54 Å². The van der Waals surface area contributed by atoms with E-state index in [1.807, 2.05) is 62.4 Å². The molecule has 0 aliphatic carbocycles. The largest absolute Gasteiger partial charge is 0.494 e. The standard InChI is InChI=1S/C19H19N3O3/c1-3-24-16-6-4-5-14(11-16)12-20-18(23)17-21-19(25-22-17)15-9-7-13(2)8-10-15/h4-11H,3,12H2,1-2H3,(H,20,23). The number of hydrogen-bond donors (Lipinski definition) is 1. The van der Waals surface area contributed by atoms with Gasteiger partial charge in [-0.2, -0.15) is 4.98 Å². The minimum absolute atomic E-state index is 0.0107. The first-order chi connectivity index (χ1) is 12.2. The van der Waals surface area contributed by atoms with Crippen LogP contribution in [0.1, 0.15) is 28.7 Å². The second kappa shape index (κ2) is 7.61. The molecule has 0 aliphatic heterocycles. The Labute approximate surface area is 145 Å². The fourth-order valence-corrected chi connectivity index (χ4v) is 2.30. The number of nitrogens with zero attached hydrogens (tertiary/aromatic N) is 2. The van der Waals surface area contributed by atoms with Crippen LogP contribution in [0.2, 0.25) is 0 Å². The van der Waals surface area contributed by atoms with Gasteiger partial charge in [0.05, 0.1) is 6.61 Å². The number of amides is 1. The van der Waals surface area contributed by atoms with Crippen molar-refractivity contribution in [3.63, 3.8) is 0 Å². The monoisotopic (exact) mass is 337 g/mol. The maximum Gasteiger partial charge on any atom is 0.292 e. The molecule has 2 aromatic carbocycles. The molecule has 0 aliphatic rings. The summed E-state index contributed by atoms with van der Waals surface area (Å²) in [6.45, 7) is 4.88. The van der Waals surface area contributed by atoms with Gasteiger partial charge < -0.3 is 14.6 Å². The second-order valence-corrected chi connectivity index (χ2v) is 5.55. The maximum atomic E-state index is 12.2. The van der Waals surface area contributed by atoms with Gasteiger partial charge in [0, 0.05) is 12.1 Å². The third kappa shape index (κ3) is 4.23. The molecule has 0 unspecified atom stereocenters. The Balaban J connectivity index is 1.64. The number of rotatable bonds is 6. The highest BCUT2D eigenvalue weighted by Gasteiger charge is 2.15. The van der Waals surface area contributed by atoms with E-state index < -0.39 is 0 Å². The van der Waals surface area contributed by atoms with Gasteiger partial charge in [-0.15, -0.1) is 0 Å². The predicted octanol–water partition coefficient (Wildman–Crippen LogP) is 3.37. The van der Waals surface area contributed by atoms with Crippen LogP contribution >= 0.6 is 0 Å². The molecule has 0 bridgehead atoms. The van der Waals surface area contributed by atoms with E-state index in [1.54, 1.807) is 0 Å². The Kier molecular flexibility index (Phi) is 5.09. The summed E-state index contributed by atoms with van der Waals surface area (Å²) in [7, 11) is 0. The summed E-state index contributed by atoms with van der Waals surface area (Å²) in [5.74, 6) is 0.722. The Morgan fingerprint density at radius 2 is 2.00 bits per heavy atom. The number of aryl methyl sites for hydroxylation is 1. The molecule has 1 N–H and O–H groups in total. The van der Waals surface area contributed by atoms with Crippen molar-refractivity contribution in [1.29, 1.82) is 0 Å². The van der Waals surface area contributed by atoms with Gasteiger partial charge in [-0.3, -0.25) is 4.79 Å². The molecule has 0 radical (unpaired) electrons. The Hall–Kier alpha value is -3.15. The Morgan fingerprint density at radius 3 is 2.76 bits per heavy atom. The summed E-state index contributed by atoms with van der Waals surface area (Å²) < 4.78 is 10.6. The minimum Gasteiger partial charge on any atom is -0.494 e. The molecule has 1 amide bonds. The Bertz CT molecular complexity index is 856. The van der Waals surface area contributed by atoms with Crippen LogP contribution in [0.15, 0.2) is 53.1 Å². The van der Waals surface area contributed by atoms with E-state index in [-0.39, 0.29) is 11.7 Å². The number of carbonyl (C=O) groups is 1. The van der Waals surface area contributed by atoms with Crippen LogP contribution in [0.25, 0.3) is 11.5 Å². The molecule has 6 nitrogen and oxygen atoms in total. The van der Waals surface area contributed by atoms with Crippen molar-refractivity contribution >= 4 is 5.91 Å². The summed E-state index contributed by atoms with van der Waals surface area (Å²) in [5.41, 5.74) is 2.85. The SMILES string of the molecule is CCOc1cccc(CNC(=O)c2noc(-c3ccc(C)cc3)n2)c1. The normalized spacial score (nSPS) is 10.5. The summed E-state index contributed by atoms with van der Waals surface area (Å²) in [4.78, 5) is 16.4. The highest BCUT2D eigenvalue weighted by molar-refractivity contribution is 5.90. The van der Waals surface area contributed by atoms with Crippen molar-refractivity contribution in [3.05, 3.63) is 65.5 Å². The molecule has 6 heteroatoms. The molecule has 0 spiro atoms. The molecule has 3 rings (SSSR count). The van der Waals surface area contributed by atoms with E-state index in [1.165, 1.54) is 0 Å². The minimum atomic E-state index is -0.385. The van der Waals surface area contributed by atoms with E-state index in [0.717, 1.165) is 22.4 Å². The lowest BCUT2D eigenvalue weighted by Gasteiger charge is -2.06. The first-order valence-corrected chi connectivity index (χ1v) is 8.06. The van der Waals surface area contributed by atoms with E-state index in [4.69, 9.17) is 9.26 Å². The van der Waals surface area contributed by atoms with Crippen molar-refractivity contribution in [2.75, 3.05) is 6.61 Å². The molecule has 0 saturated heterocycles. The zero-order valence-corrected chi connectivity index (χ0v) is 14.2. The molecule has 25 heavy (non-hydrogen) atoms. The summed E-state index contributed by atoms with van der Waals surface area (Å²) >= 11 is 0. The molecule has 0 fully saturated rings. The zero-order chi connectivity index (χ0) is 17.6. The number of hydrogen-bond acceptors (Lipinski definition) is 5. The molecule has 0 saturated carbocycles. The topological polar surface area (TPSA) is 77.2 Å². The van der Waals surface area contributed by atoms with Gasteiger partial charge in [0.25, 0.3) is 17.6 Å². The average Bonchev–Trinajstić information content (AvgIpc) is 3.11.